The van der Waals surface area contributed by atoms with Crippen molar-refractivity contribution in [3.05, 3.63) is 76.0 Å². The Hall–Kier alpha value is -3.45. The van der Waals surface area contributed by atoms with Gasteiger partial charge < -0.3 is 4.90 Å². The summed E-state index contributed by atoms with van der Waals surface area (Å²) in [7, 11) is 0. The SMILES string of the molecule is C#CC=NC1=CC(c2ccc3c(c2)N(C2CCC2)C(=O)C3(CCC)CCCC(=C)C(=O)CC)C=C(C)C(C)=C1C. The van der Waals surface area contributed by atoms with Crippen LogP contribution in [0, 0.1) is 12.3 Å². The molecule has 0 radical (unpaired) electrons. The number of hydrogen-bond acceptors (Lipinski definition) is 3. The number of allylic oxidation sites excluding steroid dienone is 6. The lowest BCUT2D eigenvalue weighted by molar-refractivity contribution is -0.124. The summed E-state index contributed by atoms with van der Waals surface area (Å²) < 4.78 is 0. The third kappa shape index (κ3) is 5.44. The first-order valence-corrected chi connectivity index (χ1v) is 14.9. The van der Waals surface area contributed by atoms with Crippen molar-refractivity contribution in [3.63, 3.8) is 0 Å². The fourth-order valence-corrected chi connectivity index (χ4v) is 6.52. The van der Waals surface area contributed by atoms with Gasteiger partial charge in [-0.15, -0.1) is 6.42 Å². The summed E-state index contributed by atoms with van der Waals surface area (Å²) >= 11 is 0. The lowest BCUT2D eigenvalue weighted by Crippen LogP contribution is -2.48. The molecular weight excluding hydrogens is 492 g/mol. The van der Waals surface area contributed by atoms with E-state index < -0.39 is 5.41 Å². The second-order valence-corrected chi connectivity index (χ2v) is 11.7. The minimum absolute atomic E-state index is 0.0190. The average molecular weight is 537 g/mol. The lowest BCUT2D eigenvalue weighted by atomic mass is 9.73. The summed E-state index contributed by atoms with van der Waals surface area (Å²) in [5, 5.41) is 0. The molecule has 2 unspecified atom stereocenters. The maximum Gasteiger partial charge on any atom is 0.237 e. The molecule has 1 saturated carbocycles. The predicted octanol–water partition coefficient (Wildman–Crippen LogP) is 8.30. The standard InChI is InChI=1S/C36H44N2O2/c1-8-18-36(19-12-13-24(4)34(39)10-3)31-17-16-28(23-33(31)38(35(36)40)30-14-11-15-30)29-21-25(5)26(6)27(7)32(22-29)37-20-9-2/h2,16-17,20-23,29-30H,4,8,10-15,18-19H2,1,3,5-7H3. The van der Waals surface area contributed by atoms with Gasteiger partial charge in [0, 0.05) is 24.1 Å². The van der Waals surface area contributed by atoms with Crippen LogP contribution >= 0.6 is 0 Å². The number of amides is 1. The fourth-order valence-electron chi connectivity index (χ4n) is 6.52. The molecule has 4 heteroatoms. The Balaban J connectivity index is 1.77. The Morgan fingerprint density at radius 1 is 1.18 bits per heavy atom. The van der Waals surface area contributed by atoms with Gasteiger partial charge in [0.05, 0.1) is 17.3 Å². The molecule has 1 amide bonds. The minimum atomic E-state index is -0.546. The van der Waals surface area contributed by atoms with E-state index in [0.717, 1.165) is 73.0 Å². The lowest BCUT2D eigenvalue weighted by Gasteiger charge is -2.37. The van der Waals surface area contributed by atoms with Crippen LogP contribution in [0.15, 0.2) is 69.9 Å². The van der Waals surface area contributed by atoms with Crippen molar-refractivity contribution >= 4 is 23.6 Å². The largest absolute Gasteiger partial charge is 0.308 e. The second-order valence-electron chi connectivity index (χ2n) is 11.7. The molecule has 210 valence electrons. The quantitative estimate of drug-likeness (QED) is 0.162. The van der Waals surface area contributed by atoms with Gasteiger partial charge >= 0.3 is 0 Å². The summed E-state index contributed by atoms with van der Waals surface area (Å²) in [6, 6.07) is 6.93. The fraction of sp³-hybridized carbons (Fsp3) is 0.472. The van der Waals surface area contributed by atoms with E-state index in [1.54, 1.807) is 0 Å². The van der Waals surface area contributed by atoms with Crippen LogP contribution in [0.1, 0.15) is 109 Å². The Bertz CT molecular complexity index is 1360. The number of benzene rings is 1. The molecule has 0 bridgehead atoms. The van der Waals surface area contributed by atoms with Crippen molar-refractivity contribution < 1.29 is 9.59 Å². The summed E-state index contributed by atoms with van der Waals surface area (Å²) in [6.07, 6.45) is 19.1. The van der Waals surface area contributed by atoms with E-state index in [2.05, 4.69) is 80.4 Å². The zero-order valence-electron chi connectivity index (χ0n) is 25.0. The number of Topliss-reactive ketones (excluding diaryl/α,β-unsaturated/α-hetero) is 1. The van der Waals surface area contributed by atoms with E-state index in [-0.39, 0.29) is 23.7 Å². The third-order valence-corrected chi connectivity index (χ3v) is 9.31. The number of aliphatic imine (C=N–C) groups is 1. The van der Waals surface area contributed by atoms with Crippen molar-refractivity contribution in [2.24, 2.45) is 4.99 Å². The molecule has 1 aromatic rings. The molecule has 2 atom stereocenters. The number of rotatable bonds is 11. The van der Waals surface area contributed by atoms with Crippen molar-refractivity contribution in [2.45, 2.75) is 110 Å². The molecule has 4 nitrogen and oxygen atoms in total. The maximum atomic E-state index is 14.4. The van der Waals surface area contributed by atoms with Crippen LogP contribution < -0.4 is 4.90 Å². The number of terminal acetylenes is 1. The van der Waals surface area contributed by atoms with Crippen molar-refractivity contribution in [3.8, 4) is 12.3 Å². The first-order chi connectivity index (χ1) is 19.2. The molecule has 1 heterocycles. The van der Waals surface area contributed by atoms with E-state index in [1.165, 1.54) is 17.4 Å². The zero-order chi connectivity index (χ0) is 29.0. The van der Waals surface area contributed by atoms with Crippen LogP contribution in [0.3, 0.4) is 0 Å². The van der Waals surface area contributed by atoms with Crippen molar-refractivity contribution in [2.75, 3.05) is 4.90 Å². The van der Waals surface area contributed by atoms with Crippen LogP contribution in [0.5, 0.6) is 0 Å². The van der Waals surface area contributed by atoms with Gasteiger partial charge in [-0.25, -0.2) is 4.99 Å². The van der Waals surface area contributed by atoms with Gasteiger partial charge in [-0.2, -0.15) is 0 Å². The number of anilines is 1. The predicted molar refractivity (Wildman–Crippen MR) is 167 cm³/mol. The third-order valence-electron chi connectivity index (χ3n) is 9.31. The van der Waals surface area contributed by atoms with Gasteiger partial charge in [-0.1, -0.05) is 56.5 Å². The van der Waals surface area contributed by atoms with Crippen molar-refractivity contribution in [1.29, 1.82) is 0 Å². The number of fused-ring (bicyclic) bond motifs is 1. The molecular formula is C36H44N2O2. The summed E-state index contributed by atoms with van der Waals surface area (Å²) in [4.78, 5) is 33.3. The molecule has 0 aromatic heterocycles. The smallest absolute Gasteiger partial charge is 0.237 e. The molecule has 4 rings (SSSR count). The first kappa shape index (κ1) is 29.5. The molecule has 2 aliphatic carbocycles. The molecule has 0 N–H and O–H groups in total. The van der Waals surface area contributed by atoms with Gasteiger partial charge in [-0.05, 0) is 106 Å². The van der Waals surface area contributed by atoms with Crippen LogP contribution in [0.2, 0.25) is 0 Å². The van der Waals surface area contributed by atoms with E-state index in [9.17, 15) is 9.59 Å². The topological polar surface area (TPSA) is 49.7 Å². The average Bonchev–Trinajstić information content (AvgIpc) is 3.08. The van der Waals surface area contributed by atoms with Crippen LogP contribution in [-0.2, 0) is 15.0 Å². The number of ketones is 1. The number of hydrogen-bond donors (Lipinski definition) is 0. The highest BCUT2D eigenvalue weighted by Crippen LogP contribution is 2.51. The van der Waals surface area contributed by atoms with E-state index in [1.807, 2.05) is 6.92 Å². The van der Waals surface area contributed by atoms with E-state index in [0.29, 0.717) is 18.4 Å². The van der Waals surface area contributed by atoms with Crippen LogP contribution in [0.25, 0.3) is 0 Å². The van der Waals surface area contributed by atoms with Crippen LogP contribution in [0.4, 0.5) is 5.69 Å². The Morgan fingerprint density at radius 3 is 2.55 bits per heavy atom. The molecule has 3 aliphatic rings. The Labute approximate surface area is 241 Å². The normalized spacial score (nSPS) is 22.9. The van der Waals surface area contributed by atoms with Gasteiger partial charge in [0.2, 0.25) is 5.91 Å². The maximum absolute atomic E-state index is 14.4. The van der Waals surface area contributed by atoms with Gasteiger partial charge in [-0.3, -0.25) is 9.59 Å². The second kappa shape index (κ2) is 12.4. The zero-order valence-corrected chi connectivity index (χ0v) is 25.0. The molecule has 40 heavy (non-hydrogen) atoms. The number of nitrogens with zero attached hydrogens (tertiary/aromatic N) is 2. The Kier molecular flexibility index (Phi) is 9.14. The first-order valence-electron chi connectivity index (χ1n) is 14.9. The summed E-state index contributed by atoms with van der Waals surface area (Å²) in [5.74, 6) is 2.90. The summed E-state index contributed by atoms with van der Waals surface area (Å²) in [5.41, 5.74) is 7.95. The monoisotopic (exact) mass is 536 g/mol. The van der Waals surface area contributed by atoms with Gasteiger partial charge in [0.1, 0.15) is 0 Å². The van der Waals surface area contributed by atoms with Gasteiger partial charge in [0.15, 0.2) is 5.78 Å². The van der Waals surface area contributed by atoms with Gasteiger partial charge in [0.25, 0.3) is 0 Å². The molecule has 0 saturated heterocycles. The molecule has 0 spiro atoms. The number of carbonyl (C=O) groups excluding carboxylic acids is 2. The van der Waals surface area contributed by atoms with E-state index >= 15 is 0 Å². The van der Waals surface area contributed by atoms with Crippen LogP contribution in [-0.4, -0.2) is 23.9 Å². The highest BCUT2D eigenvalue weighted by molar-refractivity contribution is 6.09. The van der Waals surface area contributed by atoms with E-state index in [4.69, 9.17) is 6.42 Å². The molecule has 1 aromatic carbocycles. The number of carbonyl (C=O) groups is 2. The highest BCUT2D eigenvalue weighted by atomic mass is 16.2. The molecule has 1 fully saturated rings. The Morgan fingerprint density at radius 2 is 1.93 bits per heavy atom. The summed E-state index contributed by atoms with van der Waals surface area (Å²) in [6.45, 7) is 14.4. The minimum Gasteiger partial charge on any atom is -0.308 e. The highest BCUT2D eigenvalue weighted by Gasteiger charge is 2.52. The van der Waals surface area contributed by atoms with Crippen molar-refractivity contribution in [1.82, 2.24) is 0 Å². The molecule has 1 aliphatic heterocycles.